The molecule has 0 aliphatic heterocycles. The van der Waals surface area contributed by atoms with Crippen LogP contribution in [-0.4, -0.2) is 60.9 Å². The minimum atomic E-state index is -1.37. The molecule has 24 heavy (non-hydrogen) atoms. The van der Waals surface area contributed by atoms with Gasteiger partial charge in [0.2, 0.25) is 0 Å². The molecule has 1 amide bonds. The molecule has 0 aromatic heterocycles. The molecule has 0 aromatic carbocycles. The van der Waals surface area contributed by atoms with E-state index in [9.17, 15) is 19.2 Å². The zero-order chi connectivity index (χ0) is 18.9. The van der Waals surface area contributed by atoms with Gasteiger partial charge >= 0.3 is 18.0 Å². The number of carbonyl (C=O) groups excluding carboxylic acids is 4. The number of ketones is 1. The van der Waals surface area contributed by atoms with Gasteiger partial charge in [-0.1, -0.05) is 0 Å². The summed E-state index contributed by atoms with van der Waals surface area (Å²) in [7, 11) is 0. The summed E-state index contributed by atoms with van der Waals surface area (Å²) in [5.41, 5.74) is -1.23. The van der Waals surface area contributed by atoms with Crippen molar-refractivity contribution in [2.75, 3.05) is 19.8 Å². The summed E-state index contributed by atoms with van der Waals surface area (Å²) >= 11 is 0. The van der Waals surface area contributed by atoms with Gasteiger partial charge in [-0.3, -0.25) is 4.79 Å². The lowest BCUT2D eigenvalue weighted by atomic mass is 9.88. The maximum atomic E-state index is 11.8. The van der Waals surface area contributed by atoms with Crippen molar-refractivity contribution < 1.29 is 38.5 Å². The molecule has 0 rings (SSSR count). The smallest absolute Gasteiger partial charge is 0.407 e. The Bertz CT molecular complexity index is 476. The van der Waals surface area contributed by atoms with Crippen molar-refractivity contribution in [1.82, 2.24) is 5.32 Å². The quantitative estimate of drug-likeness (QED) is 0.446. The molecule has 0 aliphatic carbocycles. The largest absolute Gasteiger partial charge is 0.462 e. The summed E-state index contributed by atoms with van der Waals surface area (Å²) in [6.07, 6.45) is -3.30. The maximum absolute atomic E-state index is 11.8. The molecule has 0 bridgehead atoms. The average Bonchev–Trinajstić information content (AvgIpc) is 2.50. The Morgan fingerprint density at radius 1 is 1.08 bits per heavy atom. The molecular formula is C15H25NO8. The first kappa shape index (κ1) is 21.8. The van der Waals surface area contributed by atoms with Gasteiger partial charge in [-0.05, 0) is 34.6 Å². The molecule has 0 heterocycles. The fraction of sp³-hybridized carbons (Fsp3) is 0.733. The minimum absolute atomic E-state index is 0.275. The number of hydrogen-bond donors (Lipinski definition) is 2. The Labute approximate surface area is 140 Å². The average molecular weight is 347 g/mol. The van der Waals surface area contributed by atoms with E-state index in [4.69, 9.17) is 14.6 Å². The fourth-order valence-corrected chi connectivity index (χ4v) is 1.33. The molecular weight excluding hydrogens is 322 g/mol. The minimum Gasteiger partial charge on any atom is -0.462 e. The molecule has 0 fully saturated rings. The van der Waals surface area contributed by atoms with Crippen molar-refractivity contribution in [2.24, 2.45) is 5.41 Å². The molecule has 0 spiro atoms. The van der Waals surface area contributed by atoms with Crippen molar-refractivity contribution in [3.63, 3.8) is 0 Å². The number of carbonyl (C=O) groups is 4. The predicted octanol–water partition coefficient (Wildman–Crippen LogP) is 0.184. The van der Waals surface area contributed by atoms with Crippen LogP contribution < -0.4 is 5.32 Å². The number of rotatable bonds is 9. The van der Waals surface area contributed by atoms with Gasteiger partial charge in [0.05, 0.1) is 5.41 Å². The first-order valence-corrected chi connectivity index (χ1v) is 7.50. The highest BCUT2D eigenvalue weighted by Gasteiger charge is 2.34. The first-order valence-electron chi connectivity index (χ1n) is 7.50. The van der Waals surface area contributed by atoms with Gasteiger partial charge in [0, 0.05) is 6.54 Å². The summed E-state index contributed by atoms with van der Waals surface area (Å²) in [5, 5.41) is 11.4. The van der Waals surface area contributed by atoms with E-state index in [1.807, 2.05) is 0 Å². The van der Waals surface area contributed by atoms with E-state index in [0.717, 1.165) is 0 Å². The normalized spacial score (nSPS) is 15.4. The monoisotopic (exact) mass is 347 g/mol. The third kappa shape index (κ3) is 7.40. The molecule has 0 radical (unpaired) electrons. The highest BCUT2D eigenvalue weighted by Crippen LogP contribution is 2.19. The number of Topliss-reactive ketones (excluding diaryl/α,β-unsaturated/α-hetero) is 1. The Morgan fingerprint density at radius 2 is 1.62 bits per heavy atom. The third-order valence-electron chi connectivity index (χ3n) is 3.19. The van der Waals surface area contributed by atoms with E-state index >= 15 is 0 Å². The van der Waals surface area contributed by atoms with E-state index in [1.165, 1.54) is 27.7 Å². The summed E-state index contributed by atoms with van der Waals surface area (Å²) in [6.45, 7) is 6.70. The van der Waals surface area contributed by atoms with Crippen LogP contribution in [0.4, 0.5) is 4.79 Å². The molecule has 0 aromatic rings. The van der Waals surface area contributed by atoms with Gasteiger partial charge in [-0.25, -0.2) is 14.4 Å². The number of amides is 1. The van der Waals surface area contributed by atoms with Crippen LogP contribution in [0.25, 0.3) is 0 Å². The number of alkyl carbamates (subject to hydrolysis) is 1. The Morgan fingerprint density at radius 3 is 2.08 bits per heavy atom. The van der Waals surface area contributed by atoms with Gasteiger partial charge in [0.15, 0.2) is 6.10 Å². The van der Waals surface area contributed by atoms with E-state index in [1.54, 1.807) is 6.92 Å². The van der Waals surface area contributed by atoms with Crippen LogP contribution in [0.3, 0.4) is 0 Å². The molecule has 138 valence electrons. The number of hydrogen-bond acceptors (Lipinski definition) is 8. The molecule has 0 aliphatic rings. The highest BCUT2D eigenvalue weighted by atomic mass is 16.6. The predicted molar refractivity (Wildman–Crippen MR) is 82.0 cm³/mol. The van der Waals surface area contributed by atoms with Crippen LogP contribution in [0.1, 0.15) is 34.6 Å². The van der Waals surface area contributed by atoms with Crippen LogP contribution in [0.5, 0.6) is 0 Å². The lowest BCUT2D eigenvalue weighted by Gasteiger charge is -2.26. The second-order valence-electron chi connectivity index (χ2n) is 5.59. The number of nitrogens with one attached hydrogen (secondary N) is 1. The van der Waals surface area contributed by atoms with Gasteiger partial charge < -0.3 is 24.6 Å². The summed E-state index contributed by atoms with van der Waals surface area (Å²) in [5.74, 6) is -2.18. The molecule has 9 heteroatoms. The molecule has 9 nitrogen and oxygen atoms in total. The number of esters is 2. The summed E-state index contributed by atoms with van der Waals surface area (Å²) in [4.78, 5) is 46.1. The number of aliphatic hydroxyl groups excluding tert-OH is 1. The van der Waals surface area contributed by atoms with Crippen LogP contribution in [-0.2, 0) is 28.6 Å². The lowest BCUT2D eigenvalue weighted by molar-refractivity contribution is -0.173. The van der Waals surface area contributed by atoms with Crippen LogP contribution in [0.15, 0.2) is 0 Å². The number of ether oxygens (including phenoxy) is 3. The Balaban J connectivity index is 4.61. The first-order chi connectivity index (χ1) is 11.0. The van der Waals surface area contributed by atoms with Gasteiger partial charge in [-0.2, -0.15) is 0 Å². The third-order valence-corrected chi connectivity index (χ3v) is 3.19. The molecule has 0 saturated heterocycles. The van der Waals surface area contributed by atoms with Crippen LogP contribution in [0.2, 0.25) is 0 Å². The maximum Gasteiger partial charge on any atom is 0.407 e. The SMILES string of the molecule is CCNC(=O)OCC(C)(COC(=O)C(C)OC(=O)C(C)O)C(C)=O. The Hall–Kier alpha value is -2.16. The zero-order valence-corrected chi connectivity index (χ0v) is 14.6. The highest BCUT2D eigenvalue weighted by molar-refractivity contribution is 5.84. The van der Waals surface area contributed by atoms with Crippen molar-refractivity contribution in [3.05, 3.63) is 0 Å². The molecule has 3 atom stereocenters. The van der Waals surface area contributed by atoms with Crippen molar-refractivity contribution >= 4 is 23.8 Å². The zero-order valence-electron chi connectivity index (χ0n) is 14.6. The van der Waals surface area contributed by atoms with Crippen molar-refractivity contribution in [1.29, 1.82) is 0 Å². The van der Waals surface area contributed by atoms with E-state index < -0.39 is 35.7 Å². The standard InChI is InChI=1S/C15H25NO8/c1-6-16-14(21)23-8-15(5,11(4)18)7-22-13(20)10(3)24-12(19)9(2)17/h9-10,17H,6-8H2,1-5H3,(H,16,21). The Kier molecular flexibility index (Phi) is 8.97. The molecule has 2 N–H and O–H groups in total. The molecule has 3 unspecified atom stereocenters. The summed E-state index contributed by atoms with van der Waals surface area (Å²) in [6, 6.07) is 0. The fourth-order valence-electron chi connectivity index (χ4n) is 1.33. The van der Waals surface area contributed by atoms with Gasteiger partial charge in [0.25, 0.3) is 0 Å². The van der Waals surface area contributed by atoms with Crippen molar-refractivity contribution in [2.45, 2.75) is 46.8 Å². The van der Waals surface area contributed by atoms with Gasteiger partial charge in [-0.15, -0.1) is 0 Å². The van der Waals surface area contributed by atoms with Gasteiger partial charge in [0.1, 0.15) is 25.1 Å². The van der Waals surface area contributed by atoms with Crippen molar-refractivity contribution in [3.8, 4) is 0 Å². The van der Waals surface area contributed by atoms with E-state index in [-0.39, 0.29) is 19.0 Å². The number of aliphatic hydroxyl groups is 1. The summed E-state index contributed by atoms with van der Waals surface area (Å²) < 4.78 is 14.6. The van der Waals surface area contributed by atoms with E-state index in [0.29, 0.717) is 6.54 Å². The second kappa shape index (κ2) is 9.86. The van der Waals surface area contributed by atoms with E-state index in [2.05, 4.69) is 10.1 Å². The lowest BCUT2D eigenvalue weighted by Crippen LogP contribution is -2.40. The van der Waals surface area contributed by atoms with Crippen LogP contribution >= 0.6 is 0 Å². The topological polar surface area (TPSA) is 128 Å². The van der Waals surface area contributed by atoms with Crippen LogP contribution in [0, 0.1) is 5.41 Å². The molecule has 0 saturated carbocycles. The second-order valence-corrected chi connectivity index (χ2v) is 5.59.